The Hall–Kier alpha value is -4.28. The number of benzene rings is 3. The Morgan fingerprint density at radius 3 is 1.88 bits per heavy atom. The monoisotopic (exact) mass is 414 g/mol. The third kappa shape index (κ3) is 4.13. The largest absolute Gasteiger partial charge is 0.252 e. The molecule has 4 heteroatoms. The normalized spacial score (nSPS) is 10.4. The minimum absolute atomic E-state index is 0.465. The van der Waals surface area contributed by atoms with Crippen LogP contribution in [-0.2, 0) is 0 Å². The van der Waals surface area contributed by atoms with E-state index in [0.29, 0.717) is 22.5 Å². The first-order valence-electron chi connectivity index (χ1n) is 10.3. The molecule has 4 nitrogen and oxygen atoms in total. The van der Waals surface area contributed by atoms with Gasteiger partial charge < -0.3 is 0 Å². The van der Waals surface area contributed by atoms with Gasteiger partial charge in [0.1, 0.15) is 0 Å². The molecule has 0 aliphatic carbocycles. The molecule has 1 aromatic heterocycles. The first-order valence-corrected chi connectivity index (χ1v) is 10.3. The van der Waals surface area contributed by atoms with E-state index < -0.39 is 0 Å². The van der Waals surface area contributed by atoms with Crippen LogP contribution in [0.3, 0.4) is 0 Å². The lowest BCUT2D eigenvalue weighted by Gasteiger charge is -2.14. The number of aryl methyl sites for hydroxylation is 4. The molecule has 0 N–H and O–H groups in total. The zero-order valence-corrected chi connectivity index (χ0v) is 18.6. The minimum Gasteiger partial charge on any atom is -0.252 e. The molecular formula is C28H22N4. The topological polar surface area (TPSA) is 53.9 Å². The summed E-state index contributed by atoms with van der Waals surface area (Å²) in [5.41, 5.74) is 10.3. The quantitative estimate of drug-likeness (QED) is 0.335. The zero-order chi connectivity index (χ0) is 22.8. The van der Waals surface area contributed by atoms with Crippen molar-refractivity contribution < 1.29 is 0 Å². The SMILES string of the molecule is [C-]#[N+]c1ccc(C#N)c(-c2cnc(-c3cc(C)cc(C)c3)c(-c3cc(C)cc(C)c3)n2)c1. The summed E-state index contributed by atoms with van der Waals surface area (Å²) in [5, 5.41) is 9.62. The molecule has 3 aromatic carbocycles. The molecule has 0 saturated heterocycles. The van der Waals surface area contributed by atoms with Gasteiger partial charge in [-0.05, 0) is 58.0 Å². The maximum atomic E-state index is 9.62. The number of aromatic nitrogens is 2. The summed E-state index contributed by atoms with van der Waals surface area (Å²) in [6.45, 7) is 15.6. The van der Waals surface area contributed by atoms with E-state index in [2.05, 4.69) is 75.0 Å². The Bertz CT molecular complexity index is 1390. The van der Waals surface area contributed by atoms with Crippen molar-refractivity contribution in [2.75, 3.05) is 0 Å². The fourth-order valence-electron chi connectivity index (χ4n) is 4.07. The second kappa shape index (κ2) is 8.46. The number of nitriles is 1. The maximum absolute atomic E-state index is 9.62. The van der Waals surface area contributed by atoms with Gasteiger partial charge in [-0.15, -0.1) is 0 Å². The van der Waals surface area contributed by atoms with E-state index in [0.717, 1.165) is 44.8 Å². The van der Waals surface area contributed by atoms with Gasteiger partial charge in [0.25, 0.3) is 0 Å². The van der Waals surface area contributed by atoms with E-state index in [1.807, 2.05) is 0 Å². The van der Waals surface area contributed by atoms with Gasteiger partial charge in [-0.3, -0.25) is 4.98 Å². The summed E-state index contributed by atoms with van der Waals surface area (Å²) in [6.07, 6.45) is 1.70. The van der Waals surface area contributed by atoms with E-state index >= 15 is 0 Å². The lowest BCUT2D eigenvalue weighted by atomic mass is 9.97. The Labute approximate surface area is 188 Å². The highest BCUT2D eigenvalue weighted by molar-refractivity contribution is 5.82. The number of rotatable bonds is 3. The Kier molecular flexibility index (Phi) is 5.54. The summed E-state index contributed by atoms with van der Waals surface area (Å²) in [4.78, 5) is 13.3. The predicted octanol–water partition coefficient (Wildman–Crippen LogP) is 7.13. The van der Waals surface area contributed by atoms with Crippen LogP contribution >= 0.6 is 0 Å². The number of hydrogen-bond donors (Lipinski definition) is 0. The lowest BCUT2D eigenvalue weighted by molar-refractivity contribution is 1.20. The molecule has 4 rings (SSSR count). The maximum Gasteiger partial charge on any atom is 0.188 e. The molecule has 0 radical (unpaired) electrons. The van der Waals surface area contributed by atoms with Crippen LogP contribution in [0.5, 0.6) is 0 Å². The van der Waals surface area contributed by atoms with Crippen LogP contribution in [0.25, 0.3) is 38.6 Å². The molecule has 4 aromatic rings. The summed E-state index contributed by atoms with van der Waals surface area (Å²) in [5.74, 6) is 0. The van der Waals surface area contributed by atoms with Gasteiger partial charge in [0.05, 0.1) is 41.5 Å². The van der Waals surface area contributed by atoms with Gasteiger partial charge in [0, 0.05) is 16.7 Å². The Balaban J connectivity index is 2.02. The van der Waals surface area contributed by atoms with E-state index in [1.54, 1.807) is 24.4 Å². The molecule has 0 spiro atoms. The average molecular weight is 415 g/mol. The van der Waals surface area contributed by atoms with Crippen molar-refractivity contribution >= 4 is 5.69 Å². The molecule has 1 heterocycles. The number of hydrogen-bond acceptors (Lipinski definition) is 3. The Morgan fingerprint density at radius 1 is 0.781 bits per heavy atom. The molecule has 0 bridgehead atoms. The third-order valence-electron chi connectivity index (χ3n) is 5.29. The molecule has 32 heavy (non-hydrogen) atoms. The summed E-state index contributed by atoms with van der Waals surface area (Å²) >= 11 is 0. The fraction of sp³-hybridized carbons (Fsp3) is 0.143. The molecule has 0 saturated carbocycles. The van der Waals surface area contributed by atoms with Crippen LogP contribution in [0.15, 0.2) is 60.8 Å². The molecular weight excluding hydrogens is 392 g/mol. The van der Waals surface area contributed by atoms with Crippen molar-refractivity contribution in [3.05, 3.63) is 100 Å². The summed E-state index contributed by atoms with van der Waals surface area (Å²) in [7, 11) is 0. The standard InChI is InChI=1S/C28H22N4/c1-17-8-18(2)11-22(10-17)27-28(23-12-19(3)9-20(4)13-23)32-26(16-31-27)25-14-24(30-5)7-6-21(25)15-29/h6-14,16H,1-4H3. The van der Waals surface area contributed by atoms with Crippen molar-refractivity contribution in [3.63, 3.8) is 0 Å². The van der Waals surface area contributed by atoms with Crippen LogP contribution in [0.4, 0.5) is 5.69 Å². The lowest BCUT2D eigenvalue weighted by Crippen LogP contribution is -1.98. The van der Waals surface area contributed by atoms with Gasteiger partial charge in [-0.1, -0.05) is 46.5 Å². The highest BCUT2D eigenvalue weighted by Gasteiger charge is 2.16. The van der Waals surface area contributed by atoms with Crippen molar-refractivity contribution in [2.24, 2.45) is 0 Å². The second-order valence-corrected chi connectivity index (χ2v) is 8.16. The summed E-state index contributed by atoms with van der Waals surface area (Å²) in [6, 6.07) is 19.9. The van der Waals surface area contributed by atoms with Crippen molar-refractivity contribution in [1.82, 2.24) is 9.97 Å². The molecule has 0 aliphatic rings. The van der Waals surface area contributed by atoms with E-state index in [-0.39, 0.29) is 0 Å². The second-order valence-electron chi connectivity index (χ2n) is 8.16. The van der Waals surface area contributed by atoms with Crippen LogP contribution in [0, 0.1) is 45.6 Å². The van der Waals surface area contributed by atoms with Gasteiger partial charge in [0.2, 0.25) is 0 Å². The van der Waals surface area contributed by atoms with Crippen LogP contribution in [0.1, 0.15) is 27.8 Å². The van der Waals surface area contributed by atoms with Gasteiger partial charge in [-0.25, -0.2) is 9.83 Å². The van der Waals surface area contributed by atoms with E-state index in [1.165, 1.54) is 0 Å². The molecule has 0 fully saturated rings. The zero-order valence-electron chi connectivity index (χ0n) is 18.6. The van der Waals surface area contributed by atoms with Crippen molar-refractivity contribution in [3.8, 4) is 39.8 Å². The third-order valence-corrected chi connectivity index (χ3v) is 5.29. The van der Waals surface area contributed by atoms with Gasteiger partial charge in [0.15, 0.2) is 5.69 Å². The van der Waals surface area contributed by atoms with Crippen LogP contribution in [-0.4, -0.2) is 9.97 Å². The number of nitrogens with zero attached hydrogens (tertiary/aromatic N) is 4. The van der Waals surface area contributed by atoms with Crippen molar-refractivity contribution in [1.29, 1.82) is 5.26 Å². The highest BCUT2D eigenvalue weighted by Crippen LogP contribution is 2.34. The predicted molar refractivity (Wildman–Crippen MR) is 128 cm³/mol. The Morgan fingerprint density at radius 2 is 1.34 bits per heavy atom. The van der Waals surface area contributed by atoms with E-state index in [9.17, 15) is 5.26 Å². The molecule has 0 atom stereocenters. The molecule has 0 amide bonds. The fourth-order valence-corrected chi connectivity index (χ4v) is 4.07. The first-order chi connectivity index (χ1) is 15.4. The van der Waals surface area contributed by atoms with Crippen LogP contribution < -0.4 is 0 Å². The van der Waals surface area contributed by atoms with Gasteiger partial charge in [-0.2, -0.15) is 5.26 Å². The molecule has 0 aliphatic heterocycles. The smallest absolute Gasteiger partial charge is 0.188 e. The minimum atomic E-state index is 0.465. The molecule has 154 valence electrons. The van der Waals surface area contributed by atoms with Crippen molar-refractivity contribution in [2.45, 2.75) is 27.7 Å². The highest BCUT2D eigenvalue weighted by atomic mass is 14.8. The molecule has 0 unspecified atom stereocenters. The van der Waals surface area contributed by atoms with E-state index in [4.69, 9.17) is 16.5 Å². The summed E-state index contributed by atoms with van der Waals surface area (Å²) < 4.78 is 0. The average Bonchev–Trinajstić information content (AvgIpc) is 2.77. The first kappa shape index (κ1) is 21.0. The van der Waals surface area contributed by atoms with Crippen LogP contribution in [0.2, 0.25) is 0 Å². The van der Waals surface area contributed by atoms with Gasteiger partial charge >= 0.3 is 0 Å².